The zero-order valence-corrected chi connectivity index (χ0v) is 16.9. The van der Waals surface area contributed by atoms with E-state index in [4.69, 9.17) is 16.3 Å². The molecule has 0 saturated heterocycles. The summed E-state index contributed by atoms with van der Waals surface area (Å²) in [5.41, 5.74) is 3.89. The van der Waals surface area contributed by atoms with Crippen molar-refractivity contribution in [1.29, 1.82) is 0 Å². The first-order chi connectivity index (χ1) is 13.4. The van der Waals surface area contributed by atoms with Crippen LogP contribution in [0, 0.1) is 20.8 Å². The number of anilines is 3. The Labute approximate surface area is 168 Å². The molecule has 2 N–H and O–H groups in total. The topological polar surface area (TPSA) is 76.1 Å². The molecular formula is C21H21ClN4O2. The van der Waals surface area contributed by atoms with E-state index in [1.54, 1.807) is 32.2 Å². The Morgan fingerprint density at radius 3 is 2.57 bits per heavy atom. The van der Waals surface area contributed by atoms with Crippen LogP contribution in [0.4, 0.5) is 17.2 Å². The molecule has 0 fully saturated rings. The number of nitrogens with zero attached hydrogens (tertiary/aromatic N) is 2. The molecule has 0 bridgehead atoms. The Balaban J connectivity index is 1.83. The average Bonchev–Trinajstić information content (AvgIpc) is 2.65. The summed E-state index contributed by atoms with van der Waals surface area (Å²) >= 11 is 6.16. The smallest absolute Gasteiger partial charge is 0.274 e. The number of benzene rings is 2. The van der Waals surface area contributed by atoms with Gasteiger partial charge in [0, 0.05) is 17.4 Å². The summed E-state index contributed by atoms with van der Waals surface area (Å²) in [6.07, 6.45) is 0. The Morgan fingerprint density at radius 2 is 1.86 bits per heavy atom. The lowest BCUT2D eigenvalue weighted by molar-refractivity contribution is 0.102. The van der Waals surface area contributed by atoms with Gasteiger partial charge in [-0.1, -0.05) is 23.7 Å². The van der Waals surface area contributed by atoms with Gasteiger partial charge in [0.25, 0.3) is 5.91 Å². The number of methoxy groups -OCH3 is 1. The monoisotopic (exact) mass is 396 g/mol. The third-order valence-corrected chi connectivity index (χ3v) is 4.64. The number of carbonyl (C=O) groups is 1. The first-order valence-corrected chi connectivity index (χ1v) is 9.09. The average molecular weight is 397 g/mol. The van der Waals surface area contributed by atoms with E-state index in [-0.39, 0.29) is 11.6 Å². The molecule has 0 radical (unpaired) electrons. The van der Waals surface area contributed by atoms with Gasteiger partial charge in [0.2, 0.25) is 0 Å². The summed E-state index contributed by atoms with van der Waals surface area (Å²) in [6.45, 7) is 5.71. The summed E-state index contributed by atoms with van der Waals surface area (Å²) in [5, 5.41) is 6.54. The van der Waals surface area contributed by atoms with Crippen LogP contribution in [-0.2, 0) is 0 Å². The molecule has 1 amide bonds. The Hall–Kier alpha value is -3.12. The molecule has 1 aromatic heterocycles. The van der Waals surface area contributed by atoms with Gasteiger partial charge >= 0.3 is 0 Å². The highest BCUT2D eigenvalue weighted by molar-refractivity contribution is 6.32. The molecule has 0 atom stereocenters. The molecule has 1 heterocycles. The number of hydrogen-bond acceptors (Lipinski definition) is 5. The van der Waals surface area contributed by atoms with Crippen molar-refractivity contribution in [3.05, 3.63) is 70.1 Å². The van der Waals surface area contributed by atoms with Gasteiger partial charge in [-0.2, -0.15) is 0 Å². The maximum atomic E-state index is 12.7. The van der Waals surface area contributed by atoms with E-state index in [1.807, 2.05) is 38.1 Å². The number of halogens is 1. The molecule has 3 rings (SSSR count). The molecule has 0 aliphatic rings. The maximum absolute atomic E-state index is 12.7. The van der Waals surface area contributed by atoms with Gasteiger partial charge in [-0.05, 0) is 56.2 Å². The molecule has 144 valence electrons. The largest absolute Gasteiger partial charge is 0.495 e. The molecule has 0 aliphatic carbocycles. The summed E-state index contributed by atoms with van der Waals surface area (Å²) in [7, 11) is 1.56. The quantitative estimate of drug-likeness (QED) is 0.630. The molecule has 7 heteroatoms. The van der Waals surface area contributed by atoms with Crippen LogP contribution in [0.25, 0.3) is 0 Å². The third-order valence-electron chi connectivity index (χ3n) is 4.35. The van der Waals surface area contributed by atoms with Crippen molar-refractivity contribution in [2.45, 2.75) is 20.8 Å². The predicted octanol–water partition coefficient (Wildman–Crippen LogP) is 5.06. The van der Waals surface area contributed by atoms with E-state index < -0.39 is 0 Å². The van der Waals surface area contributed by atoms with Crippen LogP contribution < -0.4 is 15.4 Å². The van der Waals surface area contributed by atoms with E-state index >= 15 is 0 Å². The number of aryl methyl sites for hydroxylation is 2. The third kappa shape index (κ3) is 4.40. The number of hydrogen-bond donors (Lipinski definition) is 2. The minimum absolute atomic E-state index is 0.274. The van der Waals surface area contributed by atoms with Crippen LogP contribution >= 0.6 is 11.6 Å². The van der Waals surface area contributed by atoms with Gasteiger partial charge in [-0.25, -0.2) is 9.97 Å². The molecular weight excluding hydrogens is 376 g/mol. The number of aromatic nitrogens is 2. The molecule has 3 aromatic rings. The lowest BCUT2D eigenvalue weighted by Gasteiger charge is -2.12. The van der Waals surface area contributed by atoms with Crippen LogP contribution in [0.5, 0.6) is 5.75 Å². The van der Waals surface area contributed by atoms with Crippen LogP contribution in [-0.4, -0.2) is 23.0 Å². The fraction of sp³-hybridized carbons (Fsp3) is 0.190. The van der Waals surface area contributed by atoms with Gasteiger partial charge in [-0.3, -0.25) is 4.79 Å². The molecule has 6 nitrogen and oxygen atoms in total. The minimum atomic E-state index is -0.296. The van der Waals surface area contributed by atoms with Crippen molar-refractivity contribution in [3.63, 3.8) is 0 Å². The summed E-state index contributed by atoms with van der Waals surface area (Å²) < 4.78 is 5.16. The highest BCUT2D eigenvalue weighted by Gasteiger charge is 2.13. The van der Waals surface area contributed by atoms with Crippen LogP contribution in [0.15, 0.2) is 42.5 Å². The van der Waals surface area contributed by atoms with Crippen LogP contribution in [0.3, 0.4) is 0 Å². The maximum Gasteiger partial charge on any atom is 0.274 e. The van der Waals surface area contributed by atoms with Crippen LogP contribution in [0.2, 0.25) is 5.02 Å². The second-order valence-electron chi connectivity index (χ2n) is 6.36. The van der Waals surface area contributed by atoms with E-state index in [2.05, 4.69) is 20.6 Å². The number of amides is 1. The van der Waals surface area contributed by atoms with Crippen molar-refractivity contribution in [2.24, 2.45) is 0 Å². The highest BCUT2D eigenvalue weighted by atomic mass is 35.5. The Kier molecular flexibility index (Phi) is 5.80. The predicted molar refractivity (Wildman–Crippen MR) is 112 cm³/mol. The fourth-order valence-electron chi connectivity index (χ4n) is 2.71. The minimum Gasteiger partial charge on any atom is -0.495 e. The number of nitrogens with one attached hydrogen (secondary N) is 2. The molecule has 2 aromatic carbocycles. The van der Waals surface area contributed by atoms with E-state index in [1.165, 1.54) is 0 Å². The zero-order valence-electron chi connectivity index (χ0n) is 16.1. The van der Waals surface area contributed by atoms with E-state index in [9.17, 15) is 4.79 Å². The first-order valence-electron chi connectivity index (χ1n) is 8.71. The van der Waals surface area contributed by atoms with E-state index in [0.717, 1.165) is 22.5 Å². The van der Waals surface area contributed by atoms with Crippen molar-refractivity contribution in [2.75, 3.05) is 17.7 Å². The van der Waals surface area contributed by atoms with Gasteiger partial charge in [-0.15, -0.1) is 0 Å². The summed E-state index contributed by atoms with van der Waals surface area (Å²) in [5.74, 6) is 1.27. The van der Waals surface area contributed by atoms with Crippen molar-refractivity contribution in [1.82, 2.24) is 9.97 Å². The molecule has 28 heavy (non-hydrogen) atoms. The second-order valence-corrected chi connectivity index (χ2v) is 6.77. The fourth-order valence-corrected chi connectivity index (χ4v) is 2.97. The first kappa shape index (κ1) is 19.6. The Morgan fingerprint density at radius 1 is 1.07 bits per heavy atom. The highest BCUT2D eigenvalue weighted by Crippen LogP contribution is 2.28. The number of rotatable bonds is 5. The molecule has 0 unspecified atom stereocenters. The normalized spacial score (nSPS) is 10.5. The van der Waals surface area contributed by atoms with Gasteiger partial charge < -0.3 is 15.4 Å². The zero-order chi connectivity index (χ0) is 20.3. The van der Waals surface area contributed by atoms with Crippen molar-refractivity contribution < 1.29 is 9.53 Å². The Bertz CT molecular complexity index is 1040. The van der Waals surface area contributed by atoms with Gasteiger partial charge in [0.1, 0.15) is 23.1 Å². The van der Waals surface area contributed by atoms with E-state index in [0.29, 0.717) is 22.4 Å². The standard InChI is InChI=1S/C21H21ClN4O2/c1-12-6-5-7-17(13(12)2)26-21(27)18-11-20(24-14(3)23-18)25-15-8-9-19(28-4)16(22)10-15/h5-11H,1-4H3,(H,26,27)(H,23,24,25). The SMILES string of the molecule is COc1ccc(Nc2cc(C(=O)Nc3cccc(C)c3C)nc(C)n2)cc1Cl. The lowest BCUT2D eigenvalue weighted by Crippen LogP contribution is -2.16. The number of carbonyl (C=O) groups excluding carboxylic acids is 1. The van der Waals surface area contributed by atoms with Crippen molar-refractivity contribution >= 4 is 34.7 Å². The van der Waals surface area contributed by atoms with Gasteiger partial charge in [0.05, 0.1) is 12.1 Å². The van der Waals surface area contributed by atoms with Gasteiger partial charge in [0.15, 0.2) is 0 Å². The molecule has 0 saturated carbocycles. The van der Waals surface area contributed by atoms with Crippen molar-refractivity contribution in [3.8, 4) is 5.75 Å². The second kappa shape index (κ2) is 8.27. The summed E-state index contributed by atoms with van der Waals surface area (Å²) in [6, 6.07) is 12.7. The lowest BCUT2D eigenvalue weighted by atomic mass is 10.1. The molecule has 0 spiro atoms. The van der Waals surface area contributed by atoms with Crippen LogP contribution in [0.1, 0.15) is 27.4 Å². The number of ether oxygens (including phenoxy) is 1. The summed E-state index contributed by atoms with van der Waals surface area (Å²) in [4.78, 5) is 21.3. The molecule has 0 aliphatic heterocycles.